The molecule has 4 N–H and O–H groups in total. The zero-order chi connectivity index (χ0) is 19.6. The number of ketones is 1. The molecular weight excluding hydrogens is 338 g/mol. The Balaban J connectivity index is 1.75. The maximum absolute atomic E-state index is 12.3. The van der Waals surface area contributed by atoms with E-state index in [1.807, 2.05) is 42.5 Å². The molecular formula is C22H29N3O2. The van der Waals surface area contributed by atoms with Crippen molar-refractivity contribution in [2.24, 2.45) is 5.73 Å². The maximum atomic E-state index is 12.3. The summed E-state index contributed by atoms with van der Waals surface area (Å²) in [6, 6.07) is 17.1. The lowest BCUT2D eigenvalue weighted by Gasteiger charge is -2.12. The molecule has 5 heteroatoms. The van der Waals surface area contributed by atoms with E-state index in [0.717, 1.165) is 24.1 Å². The van der Waals surface area contributed by atoms with E-state index in [1.54, 1.807) is 12.1 Å². The van der Waals surface area contributed by atoms with Gasteiger partial charge in [0.2, 0.25) is 5.91 Å². The lowest BCUT2D eigenvalue weighted by Crippen LogP contribution is -2.42. The van der Waals surface area contributed by atoms with Crippen LogP contribution in [0, 0.1) is 0 Å². The van der Waals surface area contributed by atoms with Crippen molar-refractivity contribution in [2.45, 2.75) is 45.3 Å². The molecule has 144 valence electrons. The molecule has 2 aromatic rings. The second-order valence-electron chi connectivity index (χ2n) is 7.00. The molecule has 0 aliphatic rings. The van der Waals surface area contributed by atoms with Crippen molar-refractivity contribution in [2.75, 3.05) is 6.54 Å². The Kier molecular flexibility index (Phi) is 8.17. The number of rotatable bonds is 10. The highest BCUT2D eigenvalue weighted by molar-refractivity contribution is 5.99. The first-order valence-corrected chi connectivity index (χ1v) is 9.38. The lowest BCUT2D eigenvalue weighted by molar-refractivity contribution is -0.122. The molecule has 0 radical (unpaired) electrons. The number of benzene rings is 2. The average Bonchev–Trinajstić information content (AvgIpc) is 2.69. The highest BCUT2D eigenvalue weighted by Gasteiger charge is 2.15. The summed E-state index contributed by atoms with van der Waals surface area (Å²) < 4.78 is 0. The van der Waals surface area contributed by atoms with E-state index >= 15 is 0 Å². The summed E-state index contributed by atoms with van der Waals surface area (Å²) in [4.78, 5) is 24.4. The van der Waals surface area contributed by atoms with E-state index in [0.29, 0.717) is 18.0 Å². The van der Waals surface area contributed by atoms with Gasteiger partial charge in [-0.05, 0) is 24.0 Å². The predicted octanol–water partition coefficient (Wildman–Crippen LogP) is 2.44. The highest BCUT2D eigenvalue weighted by atomic mass is 16.2. The second kappa shape index (κ2) is 10.6. The molecule has 0 aromatic heterocycles. The largest absolute Gasteiger partial charge is 0.347 e. The van der Waals surface area contributed by atoms with Crippen molar-refractivity contribution in [1.29, 1.82) is 0 Å². The van der Waals surface area contributed by atoms with Crippen LogP contribution in [0.25, 0.3) is 0 Å². The first kappa shape index (κ1) is 20.8. The number of hydrogen-bond donors (Lipinski definition) is 3. The number of hydrogen-bond acceptors (Lipinski definition) is 4. The van der Waals surface area contributed by atoms with Gasteiger partial charge in [0, 0.05) is 18.2 Å². The number of carbonyl (C=O) groups excluding carboxylic acids is 2. The summed E-state index contributed by atoms with van der Waals surface area (Å²) >= 11 is 0. The monoisotopic (exact) mass is 367 g/mol. The molecule has 0 bridgehead atoms. The topological polar surface area (TPSA) is 84.2 Å². The summed E-state index contributed by atoms with van der Waals surface area (Å²) in [5.74, 6) is -0.418. The fraction of sp³-hybridized carbons (Fsp3) is 0.364. The first-order chi connectivity index (χ1) is 13.0. The van der Waals surface area contributed by atoms with Gasteiger partial charge in [0.05, 0.1) is 12.6 Å². The van der Waals surface area contributed by atoms with Crippen LogP contribution in [0.2, 0.25) is 0 Å². The van der Waals surface area contributed by atoms with Gasteiger partial charge >= 0.3 is 0 Å². The van der Waals surface area contributed by atoms with Crippen LogP contribution in [0.1, 0.15) is 41.8 Å². The van der Waals surface area contributed by atoms with E-state index in [-0.39, 0.29) is 18.2 Å². The number of nitrogens with one attached hydrogen (secondary N) is 2. The summed E-state index contributed by atoms with van der Waals surface area (Å²) in [7, 11) is 0. The minimum atomic E-state index is -0.623. The molecule has 5 nitrogen and oxygen atoms in total. The van der Waals surface area contributed by atoms with E-state index in [2.05, 4.69) is 24.5 Å². The van der Waals surface area contributed by atoms with Crippen molar-refractivity contribution >= 4 is 11.7 Å². The quantitative estimate of drug-likeness (QED) is 0.563. The molecule has 0 fully saturated rings. The van der Waals surface area contributed by atoms with E-state index < -0.39 is 6.04 Å². The average molecular weight is 367 g/mol. The molecule has 1 amide bonds. The smallest absolute Gasteiger partial charge is 0.237 e. The fourth-order valence-corrected chi connectivity index (χ4v) is 2.63. The highest BCUT2D eigenvalue weighted by Crippen LogP contribution is 2.06. The normalized spacial score (nSPS) is 12.0. The molecule has 0 saturated carbocycles. The zero-order valence-electron chi connectivity index (χ0n) is 16.1. The molecule has 1 atom stereocenters. The summed E-state index contributed by atoms with van der Waals surface area (Å²) in [5, 5.41) is 5.98. The maximum Gasteiger partial charge on any atom is 0.237 e. The summed E-state index contributed by atoms with van der Waals surface area (Å²) in [6.45, 7) is 4.90. The Morgan fingerprint density at radius 2 is 1.63 bits per heavy atom. The van der Waals surface area contributed by atoms with Crippen molar-refractivity contribution in [1.82, 2.24) is 10.6 Å². The van der Waals surface area contributed by atoms with Crippen LogP contribution in [0.3, 0.4) is 0 Å². The molecule has 0 saturated heterocycles. The molecule has 2 aromatic carbocycles. The van der Waals surface area contributed by atoms with Crippen LogP contribution in [0.15, 0.2) is 54.6 Å². The van der Waals surface area contributed by atoms with Gasteiger partial charge in [0.15, 0.2) is 5.78 Å². The number of amides is 1. The van der Waals surface area contributed by atoms with Crippen molar-refractivity contribution in [3.8, 4) is 0 Å². The molecule has 0 aliphatic heterocycles. The second-order valence-corrected chi connectivity index (χ2v) is 7.00. The van der Waals surface area contributed by atoms with E-state index in [9.17, 15) is 9.59 Å². The van der Waals surface area contributed by atoms with Crippen molar-refractivity contribution < 1.29 is 9.59 Å². The summed E-state index contributed by atoms with van der Waals surface area (Å²) in [6.07, 6.45) is 1.27. The van der Waals surface area contributed by atoms with Crippen molar-refractivity contribution in [3.05, 3.63) is 71.3 Å². The van der Waals surface area contributed by atoms with Gasteiger partial charge in [0.1, 0.15) is 0 Å². The molecule has 0 aliphatic carbocycles. The number of carbonyl (C=O) groups is 2. The number of Topliss-reactive ketones (excluding diaryl/α,β-unsaturated/α-hetero) is 1. The minimum absolute atomic E-state index is 0.0402. The van der Waals surface area contributed by atoms with E-state index in [1.165, 1.54) is 0 Å². The lowest BCUT2D eigenvalue weighted by atomic mass is 10.0. The number of nitrogens with two attached hydrogens (primary N) is 1. The molecule has 27 heavy (non-hydrogen) atoms. The molecule has 2 rings (SSSR count). The van der Waals surface area contributed by atoms with Gasteiger partial charge in [-0.2, -0.15) is 0 Å². The third kappa shape index (κ3) is 7.33. The predicted molar refractivity (Wildman–Crippen MR) is 108 cm³/mol. The Hall–Kier alpha value is -2.50. The third-order valence-corrected chi connectivity index (χ3v) is 4.34. The summed E-state index contributed by atoms with van der Waals surface area (Å²) in [5.41, 5.74) is 8.78. The minimum Gasteiger partial charge on any atom is -0.347 e. The van der Waals surface area contributed by atoms with Crippen molar-refractivity contribution in [3.63, 3.8) is 0 Å². The molecule has 0 unspecified atom stereocenters. The van der Waals surface area contributed by atoms with Gasteiger partial charge in [0.25, 0.3) is 0 Å². The van der Waals surface area contributed by atoms with Gasteiger partial charge in [-0.15, -0.1) is 0 Å². The van der Waals surface area contributed by atoms with Gasteiger partial charge in [-0.3, -0.25) is 9.59 Å². The Morgan fingerprint density at radius 1 is 0.963 bits per heavy atom. The van der Waals surface area contributed by atoms with Crippen LogP contribution < -0.4 is 16.4 Å². The van der Waals surface area contributed by atoms with Crippen LogP contribution >= 0.6 is 0 Å². The Bertz CT molecular complexity index is 727. The fourth-order valence-electron chi connectivity index (χ4n) is 2.63. The van der Waals surface area contributed by atoms with Gasteiger partial charge in [-0.25, -0.2) is 0 Å². The SMILES string of the molecule is CC(C)NCc1ccc(C(=O)CNC(=O)[C@H](N)CCc2ccccc2)cc1. The van der Waals surface area contributed by atoms with Crippen LogP contribution in [0.5, 0.6) is 0 Å². The van der Waals surface area contributed by atoms with Crippen LogP contribution in [0.4, 0.5) is 0 Å². The van der Waals surface area contributed by atoms with Gasteiger partial charge < -0.3 is 16.4 Å². The first-order valence-electron chi connectivity index (χ1n) is 9.38. The number of aryl methyl sites for hydroxylation is 1. The Labute approximate surface area is 161 Å². The Morgan fingerprint density at radius 3 is 2.26 bits per heavy atom. The van der Waals surface area contributed by atoms with E-state index in [4.69, 9.17) is 5.73 Å². The van der Waals surface area contributed by atoms with Gasteiger partial charge in [-0.1, -0.05) is 68.4 Å². The zero-order valence-corrected chi connectivity index (χ0v) is 16.1. The van der Waals surface area contributed by atoms with Crippen LogP contribution in [-0.2, 0) is 17.8 Å². The molecule has 0 spiro atoms. The third-order valence-electron chi connectivity index (χ3n) is 4.34. The molecule has 0 heterocycles. The standard InChI is InChI=1S/C22H29N3O2/c1-16(2)24-14-18-8-11-19(12-9-18)21(26)15-25-22(27)20(23)13-10-17-6-4-3-5-7-17/h3-9,11-12,16,20,24H,10,13-15,23H2,1-2H3,(H,25,27)/t20-/m1/s1. The van der Waals surface area contributed by atoms with Crippen LogP contribution in [-0.4, -0.2) is 30.3 Å².